The molecule has 0 spiro atoms. The van der Waals surface area contributed by atoms with Crippen LogP contribution in [-0.4, -0.2) is 34.6 Å². The minimum absolute atomic E-state index is 0.0388. The predicted octanol–water partition coefficient (Wildman–Crippen LogP) is 1.78. The number of hydrogen-bond donors (Lipinski definition) is 2. The van der Waals surface area contributed by atoms with Gasteiger partial charge in [-0.15, -0.1) is 0 Å². The zero-order valence-corrected chi connectivity index (χ0v) is 11.0. The number of aliphatic hydroxyl groups excluding tert-OH is 1. The number of rotatable bonds is 3. The van der Waals surface area contributed by atoms with E-state index < -0.39 is 11.9 Å². The number of nitrogen functional groups attached to an aromatic ring is 1. The lowest BCUT2D eigenvalue weighted by atomic mass is 10.1. The minimum atomic E-state index is -0.448. The molecule has 0 aliphatic carbocycles. The topological polar surface area (TPSA) is 66.6 Å². The van der Waals surface area contributed by atoms with Crippen molar-refractivity contribution in [3.63, 3.8) is 0 Å². The first-order valence-corrected chi connectivity index (χ1v) is 6.53. The van der Waals surface area contributed by atoms with Crippen molar-refractivity contribution in [2.75, 3.05) is 12.3 Å². The summed E-state index contributed by atoms with van der Waals surface area (Å²) in [5.74, 6) is -0.628. The predicted molar refractivity (Wildman–Crippen MR) is 71.2 cm³/mol. The standard InChI is InChI=1S/C14H19FN2O2/c1-9(18)7-11-3-2-6-17(11)14(19)12-5-4-10(15)8-13(12)16/h4-5,8-9,11,18H,2-3,6-7,16H2,1H3. The van der Waals surface area contributed by atoms with E-state index in [0.717, 1.165) is 18.9 Å². The third-order valence-electron chi connectivity index (χ3n) is 3.50. The summed E-state index contributed by atoms with van der Waals surface area (Å²) in [6.07, 6.45) is 1.93. The number of nitrogens with zero attached hydrogens (tertiary/aromatic N) is 1. The fourth-order valence-corrected chi connectivity index (χ4v) is 2.62. The fourth-order valence-electron chi connectivity index (χ4n) is 2.62. The highest BCUT2D eigenvalue weighted by molar-refractivity contribution is 5.99. The zero-order valence-electron chi connectivity index (χ0n) is 11.0. The van der Waals surface area contributed by atoms with E-state index in [2.05, 4.69) is 0 Å². The van der Waals surface area contributed by atoms with E-state index in [1.165, 1.54) is 12.1 Å². The van der Waals surface area contributed by atoms with Gasteiger partial charge in [0, 0.05) is 18.3 Å². The highest BCUT2D eigenvalue weighted by Crippen LogP contribution is 2.25. The van der Waals surface area contributed by atoms with Crippen LogP contribution in [0.5, 0.6) is 0 Å². The Kier molecular flexibility index (Phi) is 4.04. The minimum Gasteiger partial charge on any atom is -0.398 e. The van der Waals surface area contributed by atoms with E-state index in [0.29, 0.717) is 18.5 Å². The molecule has 19 heavy (non-hydrogen) atoms. The summed E-state index contributed by atoms with van der Waals surface area (Å²) in [4.78, 5) is 14.1. The van der Waals surface area contributed by atoms with Gasteiger partial charge in [0.15, 0.2) is 0 Å². The van der Waals surface area contributed by atoms with Gasteiger partial charge >= 0.3 is 0 Å². The normalized spacial score (nSPS) is 20.6. The molecule has 2 unspecified atom stereocenters. The molecule has 1 aromatic carbocycles. The van der Waals surface area contributed by atoms with Gasteiger partial charge in [0.2, 0.25) is 0 Å². The fraction of sp³-hybridized carbons (Fsp3) is 0.500. The highest BCUT2D eigenvalue weighted by Gasteiger charge is 2.30. The van der Waals surface area contributed by atoms with E-state index in [1.807, 2.05) is 0 Å². The smallest absolute Gasteiger partial charge is 0.256 e. The van der Waals surface area contributed by atoms with Gasteiger partial charge < -0.3 is 15.7 Å². The third kappa shape index (κ3) is 3.04. The van der Waals surface area contributed by atoms with Crippen LogP contribution in [0.3, 0.4) is 0 Å². The lowest BCUT2D eigenvalue weighted by Crippen LogP contribution is -2.37. The van der Waals surface area contributed by atoms with Crippen LogP contribution < -0.4 is 5.73 Å². The van der Waals surface area contributed by atoms with Gasteiger partial charge in [-0.25, -0.2) is 4.39 Å². The maximum Gasteiger partial charge on any atom is 0.256 e. The second-order valence-corrected chi connectivity index (χ2v) is 5.11. The zero-order chi connectivity index (χ0) is 14.0. The molecular weight excluding hydrogens is 247 g/mol. The van der Waals surface area contributed by atoms with Gasteiger partial charge in [0.1, 0.15) is 5.82 Å². The van der Waals surface area contributed by atoms with Gasteiger partial charge in [-0.3, -0.25) is 4.79 Å². The van der Waals surface area contributed by atoms with Gasteiger partial charge in [-0.1, -0.05) is 0 Å². The number of halogens is 1. The lowest BCUT2D eigenvalue weighted by molar-refractivity contribution is 0.0683. The number of hydrogen-bond acceptors (Lipinski definition) is 3. The SMILES string of the molecule is CC(O)CC1CCCN1C(=O)c1ccc(F)cc1N. The highest BCUT2D eigenvalue weighted by atomic mass is 19.1. The Bertz CT molecular complexity index is 477. The maximum absolute atomic E-state index is 13.0. The lowest BCUT2D eigenvalue weighted by Gasteiger charge is -2.26. The molecule has 0 bridgehead atoms. The second-order valence-electron chi connectivity index (χ2n) is 5.11. The molecule has 1 saturated heterocycles. The van der Waals surface area contributed by atoms with Crippen LogP contribution in [0.15, 0.2) is 18.2 Å². The average molecular weight is 266 g/mol. The van der Waals surface area contributed by atoms with E-state index >= 15 is 0 Å². The average Bonchev–Trinajstić information content (AvgIpc) is 2.75. The molecule has 2 rings (SSSR count). The van der Waals surface area contributed by atoms with Gasteiger partial charge in [-0.05, 0) is 44.4 Å². The Balaban J connectivity index is 2.18. The summed E-state index contributed by atoms with van der Waals surface area (Å²) in [5, 5.41) is 9.46. The van der Waals surface area contributed by atoms with Crippen molar-refractivity contribution in [3.05, 3.63) is 29.6 Å². The first-order chi connectivity index (χ1) is 8.99. The van der Waals surface area contributed by atoms with Crippen molar-refractivity contribution in [2.24, 2.45) is 0 Å². The number of likely N-dealkylation sites (tertiary alicyclic amines) is 1. The molecule has 5 heteroatoms. The number of aliphatic hydroxyl groups is 1. The van der Waals surface area contributed by atoms with E-state index in [-0.39, 0.29) is 17.6 Å². The van der Waals surface area contributed by atoms with Gasteiger partial charge in [0.25, 0.3) is 5.91 Å². The Morgan fingerprint density at radius 2 is 2.37 bits per heavy atom. The monoisotopic (exact) mass is 266 g/mol. The number of carbonyl (C=O) groups is 1. The molecule has 1 aliphatic heterocycles. The largest absolute Gasteiger partial charge is 0.398 e. The first kappa shape index (κ1) is 13.8. The van der Waals surface area contributed by atoms with Gasteiger partial charge in [-0.2, -0.15) is 0 Å². The van der Waals surface area contributed by atoms with Crippen molar-refractivity contribution < 1.29 is 14.3 Å². The summed E-state index contributed by atoms with van der Waals surface area (Å²) >= 11 is 0. The molecule has 2 atom stereocenters. The molecule has 0 aromatic heterocycles. The quantitative estimate of drug-likeness (QED) is 0.820. The molecule has 1 aliphatic rings. The molecule has 1 amide bonds. The Labute approximate surface area is 112 Å². The molecule has 3 N–H and O–H groups in total. The van der Waals surface area contributed by atoms with Crippen LogP contribution >= 0.6 is 0 Å². The van der Waals surface area contributed by atoms with Crippen molar-refractivity contribution >= 4 is 11.6 Å². The van der Waals surface area contributed by atoms with Crippen molar-refractivity contribution in [1.29, 1.82) is 0 Å². The molecule has 1 heterocycles. The summed E-state index contributed by atoms with van der Waals surface area (Å²) < 4.78 is 13.0. The molecule has 4 nitrogen and oxygen atoms in total. The molecule has 1 fully saturated rings. The summed E-state index contributed by atoms with van der Waals surface area (Å²) in [7, 11) is 0. The second kappa shape index (κ2) is 5.57. The maximum atomic E-state index is 13.0. The van der Waals surface area contributed by atoms with Crippen molar-refractivity contribution in [1.82, 2.24) is 4.90 Å². The van der Waals surface area contributed by atoms with Crippen LogP contribution in [0.1, 0.15) is 36.5 Å². The first-order valence-electron chi connectivity index (χ1n) is 6.53. The third-order valence-corrected chi connectivity index (χ3v) is 3.50. The van der Waals surface area contributed by atoms with E-state index in [4.69, 9.17) is 5.73 Å². The van der Waals surface area contributed by atoms with Crippen LogP contribution in [0.2, 0.25) is 0 Å². The molecule has 0 saturated carbocycles. The number of nitrogens with two attached hydrogens (primary N) is 1. The van der Waals surface area contributed by atoms with Crippen LogP contribution in [-0.2, 0) is 0 Å². The van der Waals surface area contributed by atoms with Crippen LogP contribution in [0, 0.1) is 5.82 Å². The number of amides is 1. The Morgan fingerprint density at radius 1 is 1.63 bits per heavy atom. The van der Waals surface area contributed by atoms with E-state index in [1.54, 1.807) is 11.8 Å². The molecule has 1 aromatic rings. The number of anilines is 1. The summed E-state index contributed by atoms with van der Waals surface area (Å²) in [5.41, 5.74) is 6.19. The summed E-state index contributed by atoms with van der Waals surface area (Å²) in [6.45, 7) is 2.38. The molecular formula is C14H19FN2O2. The Hall–Kier alpha value is -1.62. The number of carbonyl (C=O) groups excluding carboxylic acids is 1. The van der Waals surface area contributed by atoms with Crippen LogP contribution in [0.4, 0.5) is 10.1 Å². The number of benzene rings is 1. The van der Waals surface area contributed by atoms with E-state index in [9.17, 15) is 14.3 Å². The molecule has 0 radical (unpaired) electrons. The van der Waals surface area contributed by atoms with Crippen molar-refractivity contribution in [2.45, 2.75) is 38.3 Å². The van der Waals surface area contributed by atoms with Gasteiger partial charge in [0.05, 0.1) is 11.7 Å². The van der Waals surface area contributed by atoms with Crippen LogP contribution in [0.25, 0.3) is 0 Å². The summed E-state index contributed by atoms with van der Waals surface area (Å²) in [6, 6.07) is 3.86. The van der Waals surface area contributed by atoms with Crippen molar-refractivity contribution in [3.8, 4) is 0 Å². The molecule has 104 valence electrons. The Morgan fingerprint density at radius 3 is 3.00 bits per heavy atom.